The van der Waals surface area contributed by atoms with Crippen LogP contribution in [0, 0.1) is 0 Å². The summed E-state index contributed by atoms with van der Waals surface area (Å²) in [5.41, 5.74) is 18.8. The summed E-state index contributed by atoms with van der Waals surface area (Å²) in [6, 6.07) is 18.0. The number of benzene rings is 3. The van der Waals surface area contributed by atoms with Crippen molar-refractivity contribution in [3.63, 3.8) is 0 Å². The molecule has 0 aliphatic rings. The van der Waals surface area contributed by atoms with Crippen molar-refractivity contribution in [2.75, 3.05) is 6.54 Å². The number of aromatic amines is 1. The van der Waals surface area contributed by atoms with Crippen molar-refractivity contribution in [3.05, 3.63) is 102 Å². The predicted molar refractivity (Wildman–Crippen MR) is 193 cm³/mol. The minimum Gasteiger partial charge on any atom is -0.370 e. The van der Waals surface area contributed by atoms with Gasteiger partial charge in [-0.05, 0) is 34.7 Å². The van der Waals surface area contributed by atoms with Crippen LogP contribution in [-0.4, -0.2) is 76.2 Å². The van der Waals surface area contributed by atoms with Crippen LogP contribution in [0.25, 0.3) is 10.8 Å². The van der Waals surface area contributed by atoms with E-state index in [9.17, 15) is 24.0 Å². The second-order valence-electron chi connectivity index (χ2n) is 12.1. The van der Waals surface area contributed by atoms with Crippen LogP contribution < -0.4 is 38.5 Å². The van der Waals surface area contributed by atoms with Crippen molar-refractivity contribution in [3.8, 4) is 0 Å². The van der Waals surface area contributed by atoms with Gasteiger partial charge in [-0.3, -0.25) is 29.0 Å². The van der Waals surface area contributed by atoms with Crippen LogP contribution in [0.3, 0.4) is 0 Å². The molecule has 0 saturated heterocycles. The Hall–Kier alpha value is -6.25. The highest BCUT2D eigenvalue weighted by molar-refractivity contribution is 5.95. The van der Waals surface area contributed by atoms with Crippen LogP contribution in [0.2, 0.25) is 0 Å². The molecule has 4 aromatic rings. The van der Waals surface area contributed by atoms with E-state index in [1.807, 2.05) is 48.5 Å². The van der Waals surface area contributed by atoms with Crippen LogP contribution in [0.15, 0.2) is 90.3 Å². The topological polar surface area (TPSA) is 253 Å². The number of H-pyrrole nitrogens is 1. The lowest BCUT2D eigenvalue weighted by Gasteiger charge is -2.26. The van der Waals surface area contributed by atoms with Gasteiger partial charge in [-0.15, -0.1) is 0 Å². The zero-order valence-electron chi connectivity index (χ0n) is 28.3. The standard InChI is InChI=1S/C36H44N10O5/c1-22(47)43-31(19-27-20-40-21-42-27)35(51)46-30(17-23-8-3-2-4-9-23)34(50)44-28(12-7-15-41-36(38)39)33(49)45-29(32(37)48)18-24-13-14-25-10-5-6-11-26(25)16-24/h2-6,8-11,13-14,16,20-21,28-31H,7,12,15,17-19H2,1H3,(H2,37,48)(H,40,42)(H,43,47)(H,44,50)(H,45,49)(H,46,51)(H4,38,39,41)/t28-,29+,30-,31-/m0/s1. The molecule has 0 aliphatic heterocycles. The maximum absolute atomic E-state index is 14.0. The van der Waals surface area contributed by atoms with Crippen LogP contribution in [-0.2, 0) is 43.2 Å². The van der Waals surface area contributed by atoms with Gasteiger partial charge in [0.05, 0.1) is 6.33 Å². The first-order valence-corrected chi connectivity index (χ1v) is 16.5. The van der Waals surface area contributed by atoms with Gasteiger partial charge in [0.25, 0.3) is 0 Å². The summed E-state index contributed by atoms with van der Waals surface area (Å²) in [6.07, 6.45) is 3.65. The Balaban J connectivity index is 1.55. The van der Waals surface area contributed by atoms with Crippen molar-refractivity contribution < 1.29 is 24.0 Å². The molecule has 4 atom stereocenters. The van der Waals surface area contributed by atoms with E-state index < -0.39 is 53.7 Å². The second kappa shape index (κ2) is 18.5. The molecular formula is C36H44N10O5. The Bertz CT molecular complexity index is 1830. The van der Waals surface area contributed by atoms with Crippen molar-refractivity contribution in [1.29, 1.82) is 0 Å². The third-order valence-corrected chi connectivity index (χ3v) is 8.08. The number of carbonyl (C=O) groups is 5. The Kier molecular flexibility index (Phi) is 13.6. The van der Waals surface area contributed by atoms with Gasteiger partial charge >= 0.3 is 0 Å². The lowest BCUT2D eigenvalue weighted by atomic mass is 10.0. The second-order valence-corrected chi connectivity index (χ2v) is 12.1. The van der Waals surface area contributed by atoms with Crippen LogP contribution in [0.5, 0.6) is 0 Å². The number of aromatic nitrogens is 2. The monoisotopic (exact) mass is 696 g/mol. The number of fused-ring (bicyclic) bond motifs is 1. The molecule has 0 bridgehead atoms. The van der Waals surface area contributed by atoms with Crippen molar-refractivity contribution in [1.82, 2.24) is 31.2 Å². The first-order chi connectivity index (χ1) is 24.5. The molecule has 5 amide bonds. The highest BCUT2D eigenvalue weighted by Gasteiger charge is 2.31. The van der Waals surface area contributed by atoms with Gasteiger partial charge in [0.15, 0.2) is 5.96 Å². The van der Waals surface area contributed by atoms with Crippen LogP contribution in [0.4, 0.5) is 0 Å². The number of amides is 5. The molecule has 15 heteroatoms. The molecule has 0 aliphatic carbocycles. The maximum atomic E-state index is 14.0. The number of nitrogens with zero attached hydrogens (tertiary/aromatic N) is 2. The summed E-state index contributed by atoms with van der Waals surface area (Å²) in [7, 11) is 0. The van der Waals surface area contributed by atoms with Crippen molar-refractivity contribution in [2.45, 2.75) is 63.2 Å². The molecule has 268 valence electrons. The molecule has 1 heterocycles. The van der Waals surface area contributed by atoms with E-state index in [2.05, 4.69) is 36.2 Å². The Morgan fingerprint density at radius 1 is 0.706 bits per heavy atom. The van der Waals surface area contributed by atoms with Gasteiger partial charge in [-0.25, -0.2) is 4.98 Å². The quantitative estimate of drug-likeness (QED) is 0.0401. The molecule has 0 radical (unpaired) electrons. The normalized spacial score (nSPS) is 13.2. The van der Waals surface area contributed by atoms with Crippen LogP contribution >= 0.6 is 0 Å². The van der Waals surface area contributed by atoms with Gasteiger partial charge in [-0.2, -0.15) is 0 Å². The van der Waals surface area contributed by atoms with Crippen molar-refractivity contribution >= 4 is 46.3 Å². The molecule has 4 rings (SSSR count). The SMILES string of the molecule is CC(=O)N[C@@H](Cc1cnc[nH]1)C(=O)N[C@@H](Cc1ccccc1)C(=O)N[C@@H](CCCN=C(N)N)C(=O)N[C@H](Cc1ccc2ccccc2c1)C(N)=O. The number of carbonyl (C=O) groups excluding carboxylic acids is 5. The third kappa shape index (κ3) is 12.0. The van der Waals surface area contributed by atoms with E-state index in [1.165, 1.54) is 19.4 Å². The number of primary amides is 1. The highest BCUT2D eigenvalue weighted by Crippen LogP contribution is 2.17. The van der Waals surface area contributed by atoms with E-state index >= 15 is 0 Å². The maximum Gasteiger partial charge on any atom is 0.243 e. The summed E-state index contributed by atoms with van der Waals surface area (Å²) in [5, 5.41) is 12.8. The van der Waals surface area contributed by atoms with Gasteiger partial charge in [0.1, 0.15) is 24.2 Å². The molecule has 51 heavy (non-hydrogen) atoms. The van der Waals surface area contributed by atoms with Crippen molar-refractivity contribution in [2.24, 2.45) is 22.2 Å². The van der Waals surface area contributed by atoms with E-state index in [0.717, 1.165) is 21.9 Å². The fourth-order valence-corrected chi connectivity index (χ4v) is 5.54. The average molecular weight is 697 g/mol. The Morgan fingerprint density at radius 3 is 1.96 bits per heavy atom. The fraction of sp³-hybridized carbons (Fsp3) is 0.306. The minimum absolute atomic E-state index is 0.0729. The number of aliphatic imine (C=N–C) groups is 1. The summed E-state index contributed by atoms with van der Waals surface area (Å²) < 4.78 is 0. The molecule has 15 nitrogen and oxygen atoms in total. The summed E-state index contributed by atoms with van der Waals surface area (Å²) in [4.78, 5) is 76.7. The van der Waals surface area contributed by atoms with Gasteiger partial charge < -0.3 is 43.5 Å². The van der Waals surface area contributed by atoms with E-state index in [1.54, 1.807) is 24.3 Å². The lowest BCUT2D eigenvalue weighted by molar-refractivity contribution is -0.134. The summed E-state index contributed by atoms with van der Waals surface area (Å²) in [6.45, 7) is 1.46. The van der Waals surface area contributed by atoms with Crippen LogP contribution in [0.1, 0.15) is 36.6 Å². The zero-order valence-corrected chi connectivity index (χ0v) is 28.3. The molecule has 0 fully saturated rings. The Morgan fingerprint density at radius 2 is 1.31 bits per heavy atom. The van der Waals surface area contributed by atoms with E-state index in [0.29, 0.717) is 12.1 Å². The summed E-state index contributed by atoms with van der Waals surface area (Å²) >= 11 is 0. The lowest BCUT2D eigenvalue weighted by Crippen LogP contribution is -2.59. The van der Waals surface area contributed by atoms with Gasteiger partial charge in [0, 0.05) is 44.6 Å². The number of rotatable bonds is 18. The Labute approximate surface area is 295 Å². The molecule has 1 aromatic heterocycles. The predicted octanol–water partition coefficient (Wildman–Crippen LogP) is 0.0888. The smallest absolute Gasteiger partial charge is 0.243 e. The molecule has 3 aromatic carbocycles. The van der Waals surface area contributed by atoms with E-state index in [4.69, 9.17) is 17.2 Å². The van der Waals surface area contributed by atoms with Gasteiger partial charge in [0.2, 0.25) is 29.5 Å². The highest BCUT2D eigenvalue weighted by atomic mass is 16.2. The van der Waals surface area contributed by atoms with E-state index in [-0.39, 0.29) is 38.2 Å². The molecular weight excluding hydrogens is 652 g/mol. The fourth-order valence-electron chi connectivity index (χ4n) is 5.54. The molecule has 0 unspecified atom stereocenters. The van der Waals surface area contributed by atoms with Gasteiger partial charge in [-0.1, -0.05) is 72.8 Å². The number of nitrogens with two attached hydrogens (primary N) is 3. The average Bonchev–Trinajstić information content (AvgIpc) is 3.62. The summed E-state index contributed by atoms with van der Waals surface area (Å²) in [5.74, 6) is -3.26. The zero-order chi connectivity index (χ0) is 36.8. The first-order valence-electron chi connectivity index (χ1n) is 16.5. The molecule has 0 spiro atoms. The number of imidazole rings is 1. The largest absolute Gasteiger partial charge is 0.370 e. The number of guanidine groups is 1. The molecule has 0 saturated carbocycles. The number of hydrogen-bond donors (Lipinski definition) is 8. The number of nitrogens with one attached hydrogen (secondary N) is 5. The first kappa shape index (κ1) is 37.6. The molecule has 11 N–H and O–H groups in total. The third-order valence-electron chi connectivity index (χ3n) is 8.08. The number of hydrogen-bond acceptors (Lipinski definition) is 7. The minimum atomic E-state index is -1.16.